The molecule has 0 rings (SSSR count). The Labute approximate surface area is 40.2 Å². The average Bonchev–Trinajstić information content (AvgIpc) is 0.811. The van der Waals surface area contributed by atoms with Crippen molar-refractivity contribution >= 4 is 6.03 Å². The van der Waals surface area contributed by atoms with Gasteiger partial charge >= 0.3 is 23.1 Å². The monoisotopic (exact) mass is 116 g/mol. The van der Waals surface area contributed by atoms with Crippen LogP contribution in [-0.2, 0) is 17.1 Å². The van der Waals surface area contributed by atoms with E-state index in [-0.39, 0.29) is 17.1 Å². The number of hydrogen-bond acceptors (Lipinski definition) is 1. The van der Waals surface area contributed by atoms with E-state index in [9.17, 15) is 0 Å². The fourth-order valence-electron chi connectivity index (χ4n) is 0. The molecule has 4 heteroatoms. The second kappa shape index (κ2) is 3.79. The number of urea groups is 1. The average molecular weight is 116 g/mol. The number of rotatable bonds is 0. The van der Waals surface area contributed by atoms with Gasteiger partial charge in [-0.1, -0.05) is 0 Å². The number of hydrogen-bond donors (Lipinski definition) is 2. The molecule has 0 aromatic rings. The van der Waals surface area contributed by atoms with Crippen LogP contribution in [-0.4, -0.2) is 6.03 Å². The van der Waals surface area contributed by atoms with E-state index in [4.69, 9.17) is 4.79 Å². The van der Waals surface area contributed by atoms with Gasteiger partial charge in [0.1, 0.15) is 0 Å². The van der Waals surface area contributed by atoms with Gasteiger partial charge in [0.2, 0.25) is 0 Å². The second-order valence-electron chi connectivity index (χ2n) is 0.402. The quantitative estimate of drug-likeness (QED) is 0.392. The zero-order chi connectivity index (χ0) is 3.58. The molecule has 4 N–H and O–H groups in total. The molecule has 0 fully saturated rings. The van der Waals surface area contributed by atoms with E-state index in [1.54, 1.807) is 0 Å². The van der Waals surface area contributed by atoms with E-state index in [0.29, 0.717) is 0 Å². The molecule has 0 aliphatic carbocycles. The summed E-state index contributed by atoms with van der Waals surface area (Å²) in [7, 11) is 0. The van der Waals surface area contributed by atoms with Crippen molar-refractivity contribution in [2.75, 3.05) is 0 Å². The van der Waals surface area contributed by atoms with E-state index < -0.39 is 6.03 Å². The van der Waals surface area contributed by atoms with Crippen molar-refractivity contribution in [3.8, 4) is 0 Å². The van der Waals surface area contributed by atoms with E-state index in [1.165, 1.54) is 0 Å². The molecule has 0 saturated heterocycles. The van der Waals surface area contributed by atoms with Crippen LogP contribution in [0.4, 0.5) is 4.79 Å². The summed E-state index contributed by atoms with van der Waals surface area (Å²) in [6.45, 7) is 0. The van der Waals surface area contributed by atoms with Gasteiger partial charge in [-0.2, -0.15) is 0 Å². The van der Waals surface area contributed by atoms with Crippen molar-refractivity contribution in [1.82, 2.24) is 0 Å². The van der Waals surface area contributed by atoms with Gasteiger partial charge in [0, 0.05) is 0 Å². The van der Waals surface area contributed by atoms with E-state index >= 15 is 0 Å². The van der Waals surface area contributed by atoms with Gasteiger partial charge in [-0.05, 0) is 0 Å². The van der Waals surface area contributed by atoms with Crippen molar-refractivity contribution in [2.45, 2.75) is 0 Å². The van der Waals surface area contributed by atoms with Gasteiger partial charge in [-0.25, -0.2) is 4.79 Å². The van der Waals surface area contributed by atoms with Gasteiger partial charge in [-0.15, -0.1) is 0 Å². The smallest absolute Gasteiger partial charge is 0.352 e. The van der Waals surface area contributed by atoms with Crippen molar-refractivity contribution < 1.29 is 21.9 Å². The van der Waals surface area contributed by atoms with Crippen LogP contribution in [0.2, 0.25) is 0 Å². The molecule has 0 atom stereocenters. The Morgan fingerprint density at radius 1 is 1.40 bits per heavy atom. The normalized spacial score (nSPS) is 4.80. The van der Waals surface area contributed by atoms with Crippen LogP contribution in [0.3, 0.4) is 0 Å². The Balaban J connectivity index is 0. The third kappa shape index (κ3) is 274. The third-order valence-electron chi connectivity index (χ3n) is 0. The van der Waals surface area contributed by atoms with Gasteiger partial charge < -0.3 is 11.5 Å². The van der Waals surface area contributed by atoms with Crippen LogP contribution >= 0.6 is 0 Å². The maximum Gasteiger partial charge on any atom is 2.00 e. The summed E-state index contributed by atoms with van der Waals surface area (Å²) < 4.78 is 0. The van der Waals surface area contributed by atoms with Crippen LogP contribution in [0.25, 0.3) is 0 Å². The molecule has 0 bridgehead atoms. The molecule has 0 aliphatic heterocycles. The molecular weight excluding hydrogens is 112 g/mol. The molecule has 0 radical (unpaired) electrons. The summed E-state index contributed by atoms with van der Waals surface area (Å²) in [5.74, 6) is 0. The standard InChI is InChI=1S/CH4N2O.Fe/c2-1(3)4;/h(H4,2,3,4);/q;+2. The zero-order valence-corrected chi connectivity index (χ0v) is 3.52. The molecule has 2 amide bonds. The Bertz CT molecular complexity index is 32.6. The number of carbonyl (C=O) groups excluding carboxylic acids is 1. The fraction of sp³-hybridized carbons (Fsp3) is 0. The first-order valence-electron chi connectivity index (χ1n) is 0.781. The summed E-state index contributed by atoms with van der Waals surface area (Å²) in [6.07, 6.45) is 0. The van der Waals surface area contributed by atoms with E-state index in [0.717, 1.165) is 0 Å². The SMILES string of the molecule is NC(N)=O.[Fe+2]. The molecule has 0 saturated carbocycles. The van der Waals surface area contributed by atoms with Crippen LogP contribution in [0.5, 0.6) is 0 Å². The first-order chi connectivity index (χ1) is 1.73. The number of amides is 2. The first kappa shape index (κ1) is 8.84. The minimum absolute atomic E-state index is 0. The Kier molecular flexibility index (Phi) is 6.70. The van der Waals surface area contributed by atoms with Gasteiger partial charge in [0.15, 0.2) is 0 Å². The topological polar surface area (TPSA) is 69.1 Å². The molecular formula is CH4FeN2O+2. The third-order valence-corrected chi connectivity index (χ3v) is 0. The summed E-state index contributed by atoms with van der Waals surface area (Å²) in [4.78, 5) is 9.00. The zero-order valence-electron chi connectivity index (χ0n) is 2.42. The van der Waals surface area contributed by atoms with Gasteiger partial charge in [-0.3, -0.25) is 0 Å². The van der Waals surface area contributed by atoms with E-state index in [2.05, 4.69) is 11.5 Å². The summed E-state index contributed by atoms with van der Waals surface area (Å²) in [5.41, 5.74) is 8.50. The van der Waals surface area contributed by atoms with E-state index in [1.807, 2.05) is 0 Å². The molecule has 0 aromatic carbocycles. The van der Waals surface area contributed by atoms with Crippen LogP contribution in [0.1, 0.15) is 0 Å². The molecule has 30 valence electrons. The predicted octanol–water partition coefficient (Wildman–Crippen LogP) is -0.979. The van der Waals surface area contributed by atoms with Crippen LogP contribution < -0.4 is 11.5 Å². The minimum Gasteiger partial charge on any atom is -0.352 e. The second-order valence-corrected chi connectivity index (χ2v) is 0.402. The van der Waals surface area contributed by atoms with Crippen LogP contribution in [0, 0.1) is 0 Å². The number of primary amides is 2. The molecule has 0 unspecified atom stereocenters. The molecule has 3 nitrogen and oxygen atoms in total. The molecule has 0 aliphatic rings. The number of nitrogens with two attached hydrogens (primary N) is 2. The Morgan fingerprint density at radius 2 is 1.40 bits per heavy atom. The summed E-state index contributed by atoms with van der Waals surface area (Å²) in [6, 6.07) is -0.833. The fourth-order valence-corrected chi connectivity index (χ4v) is 0. The summed E-state index contributed by atoms with van der Waals surface area (Å²) >= 11 is 0. The van der Waals surface area contributed by atoms with Crippen molar-refractivity contribution in [3.63, 3.8) is 0 Å². The maximum atomic E-state index is 9.00. The van der Waals surface area contributed by atoms with Crippen molar-refractivity contribution in [1.29, 1.82) is 0 Å². The predicted molar refractivity (Wildman–Crippen MR) is 13.8 cm³/mol. The first-order valence-corrected chi connectivity index (χ1v) is 0.781. The molecule has 0 heterocycles. The molecule has 0 spiro atoms. The maximum absolute atomic E-state index is 9.00. The Hall–Kier alpha value is -0.211. The molecule has 0 aromatic heterocycles. The van der Waals surface area contributed by atoms with Crippen LogP contribution in [0.15, 0.2) is 0 Å². The van der Waals surface area contributed by atoms with Crippen molar-refractivity contribution in [3.05, 3.63) is 0 Å². The van der Waals surface area contributed by atoms with Crippen molar-refractivity contribution in [2.24, 2.45) is 11.5 Å². The van der Waals surface area contributed by atoms with Gasteiger partial charge in [0.05, 0.1) is 0 Å². The molecule has 5 heavy (non-hydrogen) atoms. The summed E-state index contributed by atoms with van der Waals surface area (Å²) in [5, 5.41) is 0. The largest absolute Gasteiger partial charge is 2.00 e. The number of carbonyl (C=O) groups is 1. The minimum atomic E-state index is -0.833. The van der Waals surface area contributed by atoms with Gasteiger partial charge in [0.25, 0.3) is 0 Å². The Morgan fingerprint density at radius 3 is 1.40 bits per heavy atom.